The Morgan fingerprint density at radius 2 is 1.69 bits per heavy atom. The van der Waals surface area contributed by atoms with Gasteiger partial charge in [-0.2, -0.15) is 0 Å². The molecule has 0 radical (unpaired) electrons. The second-order valence-corrected chi connectivity index (χ2v) is 9.23. The molecular weight excluding hydrogens is 472 g/mol. The minimum absolute atomic E-state index is 0.0269. The highest BCUT2D eigenvalue weighted by Gasteiger charge is 2.22. The van der Waals surface area contributed by atoms with E-state index in [0.29, 0.717) is 36.3 Å². The van der Waals surface area contributed by atoms with Crippen LogP contribution in [0.3, 0.4) is 0 Å². The van der Waals surface area contributed by atoms with Crippen LogP contribution in [-0.2, 0) is 21.4 Å². The number of nitrogens with zero attached hydrogens (tertiary/aromatic N) is 1. The summed E-state index contributed by atoms with van der Waals surface area (Å²) in [6.07, 6.45) is 1.41. The number of anilines is 1. The molecule has 0 aliphatic carbocycles. The predicted octanol–water partition coefficient (Wildman–Crippen LogP) is 4.27. The summed E-state index contributed by atoms with van der Waals surface area (Å²) in [6, 6.07) is 19.8. The highest BCUT2D eigenvalue weighted by atomic mass is 32.2. The van der Waals surface area contributed by atoms with Crippen LogP contribution in [-0.4, -0.2) is 32.6 Å². The Balaban J connectivity index is 1.30. The average Bonchev–Trinajstić information content (AvgIpc) is 3.37. The molecule has 4 aromatic rings. The third-order valence-electron chi connectivity index (χ3n) is 5.14. The van der Waals surface area contributed by atoms with Crippen LogP contribution in [0.25, 0.3) is 11.5 Å². The van der Waals surface area contributed by atoms with Gasteiger partial charge in [-0.1, -0.05) is 30.3 Å². The zero-order chi connectivity index (χ0) is 24.3. The standard InChI is InChI=1S/C25H20N2O7S/c28-25(34-16-18-15-33-24(26-18)17-6-2-1-3-7-17)20-8-4-5-9-21(20)27-35(29,30)19-10-11-22-23(14-19)32-13-12-31-22/h1-11,14-15,27H,12-13,16H2. The van der Waals surface area contributed by atoms with E-state index in [0.717, 1.165) is 5.56 Å². The molecule has 178 valence electrons. The van der Waals surface area contributed by atoms with Crippen LogP contribution < -0.4 is 14.2 Å². The van der Waals surface area contributed by atoms with Crippen molar-refractivity contribution in [2.75, 3.05) is 17.9 Å². The molecule has 0 bridgehead atoms. The van der Waals surface area contributed by atoms with Crippen LogP contribution >= 0.6 is 0 Å². The Labute approximate surface area is 201 Å². The number of benzene rings is 3. The Morgan fingerprint density at radius 3 is 2.51 bits per heavy atom. The molecular formula is C25H20N2O7S. The number of nitrogens with one attached hydrogen (secondary N) is 1. The van der Waals surface area contributed by atoms with Crippen LogP contribution in [0.4, 0.5) is 5.69 Å². The molecule has 0 atom stereocenters. The van der Waals surface area contributed by atoms with Gasteiger partial charge in [0.2, 0.25) is 5.89 Å². The van der Waals surface area contributed by atoms with E-state index >= 15 is 0 Å². The van der Waals surface area contributed by atoms with Gasteiger partial charge < -0.3 is 18.6 Å². The van der Waals surface area contributed by atoms with E-state index in [1.165, 1.54) is 36.6 Å². The average molecular weight is 493 g/mol. The van der Waals surface area contributed by atoms with E-state index in [2.05, 4.69) is 9.71 Å². The van der Waals surface area contributed by atoms with E-state index < -0.39 is 16.0 Å². The lowest BCUT2D eigenvalue weighted by Gasteiger charge is -2.19. The summed E-state index contributed by atoms with van der Waals surface area (Å²) in [5.74, 6) is 0.510. The summed E-state index contributed by atoms with van der Waals surface area (Å²) in [6.45, 7) is 0.587. The van der Waals surface area contributed by atoms with Crippen molar-refractivity contribution in [3.8, 4) is 23.0 Å². The van der Waals surface area contributed by atoms with Crippen molar-refractivity contribution in [2.45, 2.75) is 11.5 Å². The van der Waals surface area contributed by atoms with Crippen molar-refractivity contribution in [2.24, 2.45) is 0 Å². The number of carbonyl (C=O) groups excluding carboxylic acids is 1. The molecule has 0 unspecified atom stereocenters. The van der Waals surface area contributed by atoms with Gasteiger partial charge in [-0.05, 0) is 36.4 Å². The maximum Gasteiger partial charge on any atom is 0.340 e. The van der Waals surface area contributed by atoms with Gasteiger partial charge in [0.25, 0.3) is 10.0 Å². The van der Waals surface area contributed by atoms with Gasteiger partial charge in [0.1, 0.15) is 31.8 Å². The third-order valence-corrected chi connectivity index (χ3v) is 6.50. The minimum atomic E-state index is -4.02. The second kappa shape index (κ2) is 9.51. The number of aromatic nitrogens is 1. The van der Waals surface area contributed by atoms with Crippen LogP contribution in [0, 0.1) is 0 Å². The third kappa shape index (κ3) is 4.97. The van der Waals surface area contributed by atoms with Gasteiger partial charge in [0.15, 0.2) is 11.5 Å². The zero-order valence-electron chi connectivity index (χ0n) is 18.3. The Kier molecular flexibility index (Phi) is 6.11. The van der Waals surface area contributed by atoms with Crippen molar-refractivity contribution in [3.63, 3.8) is 0 Å². The highest BCUT2D eigenvalue weighted by molar-refractivity contribution is 7.92. The maximum absolute atomic E-state index is 13.0. The van der Waals surface area contributed by atoms with Crippen LogP contribution in [0.5, 0.6) is 11.5 Å². The number of carbonyl (C=O) groups is 1. The lowest BCUT2D eigenvalue weighted by molar-refractivity contribution is 0.0469. The van der Waals surface area contributed by atoms with Gasteiger partial charge in [0, 0.05) is 11.6 Å². The highest BCUT2D eigenvalue weighted by Crippen LogP contribution is 2.33. The molecule has 2 heterocycles. The first kappa shape index (κ1) is 22.5. The summed E-state index contributed by atoms with van der Waals surface area (Å²) in [5, 5.41) is 0. The van der Waals surface area contributed by atoms with E-state index in [-0.39, 0.29) is 22.8 Å². The molecule has 1 aliphatic heterocycles. The molecule has 0 spiro atoms. The van der Waals surface area contributed by atoms with Crippen LogP contribution in [0.1, 0.15) is 16.1 Å². The van der Waals surface area contributed by atoms with E-state index in [9.17, 15) is 13.2 Å². The van der Waals surface area contributed by atoms with E-state index in [1.807, 2.05) is 30.3 Å². The number of para-hydroxylation sites is 1. The predicted molar refractivity (Wildman–Crippen MR) is 126 cm³/mol. The molecule has 9 nitrogen and oxygen atoms in total. The number of oxazole rings is 1. The maximum atomic E-state index is 13.0. The van der Waals surface area contributed by atoms with Gasteiger partial charge >= 0.3 is 5.97 Å². The Bertz CT molecular complexity index is 1470. The summed E-state index contributed by atoms with van der Waals surface area (Å²) < 4.78 is 50.2. The first-order valence-electron chi connectivity index (χ1n) is 10.7. The summed E-state index contributed by atoms with van der Waals surface area (Å²) in [7, 11) is -4.02. The summed E-state index contributed by atoms with van der Waals surface area (Å²) in [5.41, 5.74) is 1.36. The van der Waals surface area contributed by atoms with Crippen molar-refractivity contribution in [1.29, 1.82) is 0 Å². The number of hydrogen-bond acceptors (Lipinski definition) is 8. The lowest BCUT2D eigenvalue weighted by atomic mass is 10.2. The van der Waals surface area contributed by atoms with Gasteiger partial charge in [-0.25, -0.2) is 18.2 Å². The van der Waals surface area contributed by atoms with Gasteiger partial charge in [-0.15, -0.1) is 0 Å². The molecule has 0 fully saturated rings. The van der Waals surface area contributed by atoms with Crippen molar-refractivity contribution < 1.29 is 31.8 Å². The molecule has 0 amide bonds. The fraction of sp³-hybridized carbons (Fsp3) is 0.120. The zero-order valence-corrected chi connectivity index (χ0v) is 19.2. The first-order chi connectivity index (χ1) is 17.0. The van der Waals surface area contributed by atoms with Crippen molar-refractivity contribution in [3.05, 3.63) is 90.3 Å². The molecule has 10 heteroatoms. The molecule has 3 aromatic carbocycles. The number of fused-ring (bicyclic) bond motifs is 1. The molecule has 0 saturated heterocycles. The van der Waals surface area contributed by atoms with Crippen LogP contribution in [0.15, 0.2) is 88.4 Å². The first-order valence-corrected chi connectivity index (χ1v) is 12.2. The minimum Gasteiger partial charge on any atom is -0.486 e. The van der Waals surface area contributed by atoms with Gasteiger partial charge in [-0.3, -0.25) is 4.72 Å². The van der Waals surface area contributed by atoms with Crippen molar-refractivity contribution in [1.82, 2.24) is 4.98 Å². The number of esters is 1. The number of ether oxygens (including phenoxy) is 3. The SMILES string of the molecule is O=C(OCc1coc(-c2ccccc2)n1)c1ccccc1NS(=O)(=O)c1ccc2c(c1)OCCO2. The largest absolute Gasteiger partial charge is 0.486 e. The summed E-state index contributed by atoms with van der Waals surface area (Å²) in [4.78, 5) is 17.1. The topological polar surface area (TPSA) is 117 Å². The lowest BCUT2D eigenvalue weighted by Crippen LogP contribution is -2.18. The molecule has 1 aromatic heterocycles. The van der Waals surface area contributed by atoms with E-state index in [4.69, 9.17) is 18.6 Å². The van der Waals surface area contributed by atoms with Crippen molar-refractivity contribution >= 4 is 21.7 Å². The molecule has 1 N–H and O–H groups in total. The fourth-order valence-corrected chi connectivity index (χ4v) is 4.54. The van der Waals surface area contributed by atoms with Crippen LogP contribution in [0.2, 0.25) is 0 Å². The fourth-order valence-electron chi connectivity index (χ4n) is 3.45. The monoisotopic (exact) mass is 492 g/mol. The molecule has 1 aliphatic rings. The number of sulfonamides is 1. The van der Waals surface area contributed by atoms with Gasteiger partial charge in [0.05, 0.1) is 16.1 Å². The normalized spacial score (nSPS) is 12.7. The number of rotatable bonds is 7. The smallest absolute Gasteiger partial charge is 0.340 e. The number of hydrogen-bond donors (Lipinski definition) is 1. The summed E-state index contributed by atoms with van der Waals surface area (Å²) >= 11 is 0. The quantitative estimate of drug-likeness (QED) is 0.380. The van der Waals surface area contributed by atoms with E-state index in [1.54, 1.807) is 12.1 Å². The Morgan fingerprint density at radius 1 is 0.943 bits per heavy atom. The second-order valence-electron chi connectivity index (χ2n) is 7.54. The molecule has 0 saturated carbocycles. The molecule has 5 rings (SSSR count). The Hall–Kier alpha value is -4.31. The molecule has 35 heavy (non-hydrogen) atoms.